The number of carbonyl (C=O) groups excluding carboxylic acids is 2. The van der Waals surface area contributed by atoms with Crippen molar-refractivity contribution in [3.8, 4) is 0 Å². The molecule has 1 aromatic heterocycles. The molecule has 0 bridgehead atoms. The second kappa shape index (κ2) is 6.83. The summed E-state index contributed by atoms with van der Waals surface area (Å²) in [4.78, 5) is 24.7. The molecule has 0 aliphatic carbocycles. The summed E-state index contributed by atoms with van der Waals surface area (Å²) in [5.41, 5.74) is 2.85. The summed E-state index contributed by atoms with van der Waals surface area (Å²) in [6.07, 6.45) is 1.24. The molecule has 0 saturated carbocycles. The maximum absolute atomic E-state index is 12.1. The van der Waals surface area contributed by atoms with Crippen LogP contribution in [-0.2, 0) is 22.6 Å². The van der Waals surface area contributed by atoms with Gasteiger partial charge in [-0.15, -0.1) is 11.3 Å². The summed E-state index contributed by atoms with van der Waals surface area (Å²) < 4.78 is 0. The third-order valence-corrected chi connectivity index (χ3v) is 4.67. The van der Waals surface area contributed by atoms with Crippen LogP contribution in [0.4, 0.5) is 11.4 Å². The van der Waals surface area contributed by atoms with Gasteiger partial charge in [0.25, 0.3) is 0 Å². The van der Waals surface area contributed by atoms with Crippen LogP contribution in [0.15, 0.2) is 35.7 Å². The Kier molecular flexibility index (Phi) is 4.62. The number of hydrogen-bond acceptors (Lipinski definition) is 4. The van der Waals surface area contributed by atoms with Crippen molar-refractivity contribution in [2.45, 2.75) is 32.4 Å². The minimum atomic E-state index is -0.328. The number of aryl methyl sites for hydroxylation is 1. The van der Waals surface area contributed by atoms with Gasteiger partial charge in [-0.05, 0) is 48.6 Å². The zero-order valence-electron chi connectivity index (χ0n) is 12.9. The van der Waals surface area contributed by atoms with Gasteiger partial charge in [-0.3, -0.25) is 9.59 Å². The molecule has 2 amide bonds. The van der Waals surface area contributed by atoms with E-state index >= 15 is 0 Å². The highest BCUT2D eigenvalue weighted by molar-refractivity contribution is 7.09. The summed E-state index contributed by atoms with van der Waals surface area (Å²) in [6, 6.07) is 9.41. The SMILES string of the molecule is C[C@@H](Nc1ccc2c(c1)CCC(=O)N2)C(=O)NCc1cccs1. The van der Waals surface area contributed by atoms with E-state index in [-0.39, 0.29) is 17.9 Å². The highest BCUT2D eigenvalue weighted by Crippen LogP contribution is 2.25. The number of rotatable bonds is 5. The number of fused-ring (bicyclic) bond motifs is 1. The summed E-state index contributed by atoms with van der Waals surface area (Å²) >= 11 is 1.63. The van der Waals surface area contributed by atoms with Gasteiger partial charge in [0, 0.05) is 22.7 Å². The van der Waals surface area contributed by atoms with E-state index in [9.17, 15) is 9.59 Å². The van der Waals surface area contributed by atoms with E-state index < -0.39 is 0 Å². The van der Waals surface area contributed by atoms with Crippen LogP contribution in [0.5, 0.6) is 0 Å². The van der Waals surface area contributed by atoms with Crippen LogP contribution in [0.3, 0.4) is 0 Å². The third kappa shape index (κ3) is 3.90. The van der Waals surface area contributed by atoms with Crippen LogP contribution in [-0.4, -0.2) is 17.9 Å². The third-order valence-electron chi connectivity index (χ3n) is 3.79. The molecule has 0 saturated heterocycles. The van der Waals surface area contributed by atoms with E-state index in [0.717, 1.165) is 28.2 Å². The molecule has 1 aliphatic rings. The van der Waals surface area contributed by atoms with E-state index in [2.05, 4.69) is 16.0 Å². The number of nitrogens with one attached hydrogen (secondary N) is 3. The first-order valence-electron chi connectivity index (χ1n) is 7.61. The number of carbonyl (C=O) groups is 2. The molecule has 6 heteroatoms. The van der Waals surface area contributed by atoms with Crippen LogP contribution in [0, 0.1) is 0 Å². The number of anilines is 2. The lowest BCUT2D eigenvalue weighted by Crippen LogP contribution is -2.37. The Hall–Kier alpha value is -2.34. The van der Waals surface area contributed by atoms with E-state index in [1.807, 2.05) is 42.6 Å². The predicted molar refractivity (Wildman–Crippen MR) is 92.6 cm³/mol. The Morgan fingerprint density at radius 2 is 2.22 bits per heavy atom. The average Bonchev–Trinajstić information content (AvgIpc) is 3.06. The minimum Gasteiger partial charge on any atom is -0.374 e. The molecule has 2 aromatic rings. The Labute approximate surface area is 139 Å². The second-order valence-electron chi connectivity index (χ2n) is 5.58. The number of hydrogen-bond donors (Lipinski definition) is 3. The molecule has 3 rings (SSSR count). The van der Waals surface area contributed by atoms with Gasteiger partial charge in [0.05, 0.1) is 6.54 Å². The molecule has 23 heavy (non-hydrogen) atoms. The van der Waals surface area contributed by atoms with E-state index in [1.165, 1.54) is 0 Å². The van der Waals surface area contributed by atoms with Crippen molar-refractivity contribution in [1.82, 2.24) is 5.32 Å². The van der Waals surface area contributed by atoms with E-state index in [0.29, 0.717) is 13.0 Å². The van der Waals surface area contributed by atoms with Crippen LogP contribution < -0.4 is 16.0 Å². The summed E-state index contributed by atoms with van der Waals surface area (Å²) in [7, 11) is 0. The highest BCUT2D eigenvalue weighted by atomic mass is 32.1. The van der Waals surface area contributed by atoms with Gasteiger partial charge in [-0.25, -0.2) is 0 Å². The zero-order valence-corrected chi connectivity index (χ0v) is 13.7. The van der Waals surface area contributed by atoms with Gasteiger partial charge in [-0.2, -0.15) is 0 Å². The van der Waals surface area contributed by atoms with Crippen molar-refractivity contribution in [2.24, 2.45) is 0 Å². The first-order chi connectivity index (χ1) is 11.1. The largest absolute Gasteiger partial charge is 0.374 e. The monoisotopic (exact) mass is 329 g/mol. The van der Waals surface area contributed by atoms with Crippen molar-refractivity contribution in [2.75, 3.05) is 10.6 Å². The lowest BCUT2D eigenvalue weighted by molar-refractivity contribution is -0.121. The maximum Gasteiger partial charge on any atom is 0.242 e. The highest BCUT2D eigenvalue weighted by Gasteiger charge is 2.17. The smallest absolute Gasteiger partial charge is 0.242 e. The van der Waals surface area contributed by atoms with Crippen LogP contribution >= 0.6 is 11.3 Å². The van der Waals surface area contributed by atoms with Crippen molar-refractivity contribution in [1.29, 1.82) is 0 Å². The molecule has 120 valence electrons. The zero-order chi connectivity index (χ0) is 16.2. The second-order valence-corrected chi connectivity index (χ2v) is 6.62. The quantitative estimate of drug-likeness (QED) is 0.790. The molecule has 5 nitrogen and oxygen atoms in total. The van der Waals surface area contributed by atoms with Crippen molar-refractivity contribution >= 4 is 34.5 Å². The van der Waals surface area contributed by atoms with Crippen LogP contribution in [0.25, 0.3) is 0 Å². The average molecular weight is 329 g/mol. The number of benzene rings is 1. The Bertz CT molecular complexity index is 713. The Balaban J connectivity index is 1.58. The van der Waals surface area contributed by atoms with E-state index in [4.69, 9.17) is 0 Å². The fraction of sp³-hybridized carbons (Fsp3) is 0.294. The first kappa shape index (κ1) is 15.6. The normalized spacial score (nSPS) is 14.6. The van der Waals surface area contributed by atoms with Gasteiger partial charge >= 0.3 is 0 Å². The molecular formula is C17H19N3O2S. The number of thiophene rings is 1. The fourth-order valence-electron chi connectivity index (χ4n) is 2.53. The fourth-order valence-corrected chi connectivity index (χ4v) is 3.17. The lowest BCUT2D eigenvalue weighted by Gasteiger charge is -2.20. The lowest BCUT2D eigenvalue weighted by atomic mass is 10.0. The molecule has 1 aliphatic heterocycles. The minimum absolute atomic E-state index is 0.0376. The predicted octanol–water partition coefficient (Wildman–Crippen LogP) is 2.75. The van der Waals surface area contributed by atoms with Gasteiger partial charge in [0.15, 0.2) is 0 Å². The molecule has 0 unspecified atom stereocenters. The standard InChI is InChI=1S/C17H19N3O2S/c1-11(17(22)18-10-14-3-2-8-23-14)19-13-5-6-15-12(9-13)4-7-16(21)20-15/h2-3,5-6,8-9,11,19H,4,7,10H2,1H3,(H,18,22)(H,20,21)/t11-/m1/s1. The number of amides is 2. The molecule has 1 atom stereocenters. The molecule has 0 spiro atoms. The summed E-state index contributed by atoms with van der Waals surface area (Å²) in [5.74, 6) is 0.0176. The molecule has 0 radical (unpaired) electrons. The topological polar surface area (TPSA) is 70.2 Å². The maximum atomic E-state index is 12.1. The molecule has 2 heterocycles. The van der Waals surface area contributed by atoms with Crippen molar-refractivity contribution in [3.63, 3.8) is 0 Å². The van der Waals surface area contributed by atoms with Gasteiger partial charge < -0.3 is 16.0 Å². The Morgan fingerprint density at radius 3 is 3.00 bits per heavy atom. The van der Waals surface area contributed by atoms with Crippen LogP contribution in [0.1, 0.15) is 23.8 Å². The first-order valence-corrected chi connectivity index (χ1v) is 8.49. The van der Waals surface area contributed by atoms with Gasteiger partial charge in [0.2, 0.25) is 11.8 Å². The summed E-state index contributed by atoms with van der Waals surface area (Å²) in [6.45, 7) is 2.39. The van der Waals surface area contributed by atoms with Gasteiger partial charge in [-0.1, -0.05) is 6.07 Å². The molecular weight excluding hydrogens is 310 g/mol. The van der Waals surface area contributed by atoms with Gasteiger partial charge in [0.1, 0.15) is 6.04 Å². The molecule has 0 fully saturated rings. The van der Waals surface area contributed by atoms with Crippen molar-refractivity contribution in [3.05, 3.63) is 46.2 Å². The van der Waals surface area contributed by atoms with Crippen LogP contribution in [0.2, 0.25) is 0 Å². The van der Waals surface area contributed by atoms with Crippen molar-refractivity contribution < 1.29 is 9.59 Å². The molecule has 3 N–H and O–H groups in total. The molecule has 1 aromatic carbocycles. The van der Waals surface area contributed by atoms with E-state index in [1.54, 1.807) is 11.3 Å². The summed E-state index contributed by atoms with van der Waals surface area (Å²) in [5, 5.41) is 11.0. The Morgan fingerprint density at radius 1 is 1.35 bits per heavy atom.